The average molecular weight is 329 g/mol. The molecule has 1 atom stereocenters. The van der Waals surface area contributed by atoms with E-state index in [1.807, 2.05) is 0 Å². The highest BCUT2D eigenvalue weighted by Crippen LogP contribution is 2.36. The summed E-state index contributed by atoms with van der Waals surface area (Å²) in [5, 5.41) is 0. The van der Waals surface area contributed by atoms with Gasteiger partial charge in [0.05, 0.1) is 0 Å². The third-order valence-electron chi connectivity index (χ3n) is 5.20. The maximum Gasteiger partial charge on any atom is 0.0278 e. The topological polar surface area (TPSA) is 26.0 Å². The van der Waals surface area contributed by atoms with Crippen LogP contribution in [0, 0.1) is 27.7 Å². The molecule has 0 saturated heterocycles. The van der Waals surface area contributed by atoms with E-state index in [9.17, 15) is 0 Å². The third-order valence-corrected chi connectivity index (χ3v) is 5.20. The Balaban J connectivity index is 2.24. The van der Waals surface area contributed by atoms with Crippen molar-refractivity contribution < 1.29 is 0 Å². The summed E-state index contributed by atoms with van der Waals surface area (Å²) >= 11 is 0. The SMILES string of the molecule is Cc1ccc(-c2cccc(-c3ccc(C)c(C)c3)c2[C@H](C)N)cc1C. The summed E-state index contributed by atoms with van der Waals surface area (Å²) in [6, 6.07) is 19.8. The van der Waals surface area contributed by atoms with E-state index in [0.29, 0.717) is 0 Å². The maximum atomic E-state index is 6.43. The quantitative estimate of drug-likeness (QED) is 0.601. The van der Waals surface area contributed by atoms with Gasteiger partial charge in [0.25, 0.3) is 0 Å². The van der Waals surface area contributed by atoms with E-state index in [1.54, 1.807) is 0 Å². The van der Waals surface area contributed by atoms with Gasteiger partial charge < -0.3 is 5.73 Å². The first-order valence-corrected chi connectivity index (χ1v) is 8.92. The standard InChI is InChI=1S/C24H27N/c1-15-9-11-20(13-17(15)3)22-7-6-8-23(24(22)19(5)25)21-12-10-16(2)18(4)14-21/h6-14,19H,25H2,1-5H3/t19-/m0/s1. The lowest BCUT2D eigenvalue weighted by Crippen LogP contribution is -2.09. The minimum Gasteiger partial charge on any atom is -0.324 e. The minimum atomic E-state index is -0.0329. The summed E-state index contributed by atoms with van der Waals surface area (Å²) < 4.78 is 0. The number of rotatable bonds is 3. The van der Waals surface area contributed by atoms with Gasteiger partial charge in [0.15, 0.2) is 0 Å². The van der Waals surface area contributed by atoms with Gasteiger partial charge in [-0.3, -0.25) is 0 Å². The fourth-order valence-electron chi connectivity index (χ4n) is 3.38. The van der Waals surface area contributed by atoms with Crippen LogP contribution in [-0.4, -0.2) is 0 Å². The first-order valence-electron chi connectivity index (χ1n) is 8.92. The molecule has 1 heteroatoms. The van der Waals surface area contributed by atoms with Crippen molar-refractivity contribution in [1.82, 2.24) is 0 Å². The molecule has 0 unspecified atom stereocenters. The van der Waals surface area contributed by atoms with Crippen molar-refractivity contribution in [3.05, 3.63) is 82.4 Å². The fraction of sp³-hybridized carbons (Fsp3) is 0.250. The van der Waals surface area contributed by atoms with Crippen LogP contribution in [0.1, 0.15) is 40.8 Å². The highest BCUT2D eigenvalue weighted by atomic mass is 14.6. The summed E-state index contributed by atoms with van der Waals surface area (Å²) in [5.74, 6) is 0. The smallest absolute Gasteiger partial charge is 0.0278 e. The Morgan fingerprint density at radius 1 is 0.640 bits per heavy atom. The Morgan fingerprint density at radius 2 is 1.08 bits per heavy atom. The molecule has 25 heavy (non-hydrogen) atoms. The zero-order chi connectivity index (χ0) is 18.1. The van der Waals surface area contributed by atoms with Crippen LogP contribution in [0.25, 0.3) is 22.3 Å². The predicted molar refractivity (Wildman–Crippen MR) is 109 cm³/mol. The molecule has 0 fully saturated rings. The Morgan fingerprint density at radius 3 is 1.44 bits per heavy atom. The molecule has 0 bridgehead atoms. The molecule has 0 radical (unpaired) electrons. The van der Waals surface area contributed by atoms with Crippen LogP contribution in [-0.2, 0) is 0 Å². The summed E-state index contributed by atoms with van der Waals surface area (Å²) in [4.78, 5) is 0. The van der Waals surface area contributed by atoms with Crippen LogP contribution < -0.4 is 5.73 Å². The molecular weight excluding hydrogens is 302 g/mol. The molecule has 3 aromatic carbocycles. The Labute approximate surface area is 151 Å². The highest BCUT2D eigenvalue weighted by molar-refractivity contribution is 5.80. The second-order valence-electron chi connectivity index (χ2n) is 7.15. The van der Waals surface area contributed by atoms with E-state index < -0.39 is 0 Å². The fourth-order valence-corrected chi connectivity index (χ4v) is 3.38. The van der Waals surface area contributed by atoms with Gasteiger partial charge >= 0.3 is 0 Å². The largest absolute Gasteiger partial charge is 0.324 e. The van der Waals surface area contributed by atoms with E-state index >= 15 is 0 Å². The molecule has 0 amide bonds. The van der Waals surface area contributed by atoms with Crippen molar-refractivity contribution >= 4 is 0 Å². The highest BCUT2D eigenvalue weighted by Gasteiger charge is 2.15. The maximum absolute atomic E-state index is 6.43. The van der Waals surface area contributed by atoms with Crippen molar-refractivity contribution in [2.24, 2.45) is 5.73 Å². The summed E-state index contributed by atoms with van der Waals surface area (Å²) in [7, 11) is 0. The molecule has 3 rings (SSSR count). The van der Waals surface area contributed by atoms with Crippen molar-refractivity contribution in [2.45, 2.75) is 40.7 Å². The van der Waals surface area contributed by atoms with Crippen LogP contribution in [0.2, 0.25) is 0 Å². The van der Waals surface area contributed by atoms with Gasteiger partial charge in [0.1, 0.15) is 0 Å². The molecule has 0 spiro atoms. The molecule has 0 aliphatic rings. The first-order chi connectivity index (χ1) is 11.9. The number of aryl methyl sites for hydroxylation is 4. The number of hydrogen-bond donors (Lipinski definition) is 1. The summed E-state index contributed by atoms with van der Waals surface area (Å²) in [6.45, 7) is 10.7. The molecular formula is C24H27N. The lowest BCUT2D eigenvalue weighted by molar-refractivity contribution is 0.822. The van der Waals surface area contributed by atoms with Crippen molar-refractivity contribution in [1.29, 1.82) is 0 Å². The average Bonchev–Trinajstić information content (AvgIpc) is 2.59. The third kappa shape index (κ3) is 3.38. The van der Waals surface area contributed by atoms with E-state index in [-0.39, 0.29) is 6.04 Å². The van der Waals surface area contributed by atoms with Crippen LogP contribution in [0.4, 0.5) is 0 Å². The van der Waals surface area contributed by atoms with E-state index in [2.05, 4.69) is 89.2 Å². The van der Waals surface area contributed by atoms with Gasteiger partial charge in [0.2, 0.25) is 0 Å². The molecule has 0 saturated carbocycles. The Kier molecular flexibility index (Phi) is 4.78. The number of benzene rings is 3. The number of nitrogens with two attached hydrogens (primary N) is 1. The van der Waals surface area contributed by atoms with Crippen LogP contribution >= 0.6 is 0 Å². The van der Waals surface area contributed by atoms with Gasteiger partial charge in [-0.15, -0.1) is 0 Å². The van der Waals surface area contributed by atoms with Crippen LogP contribution in [0.15, 0.2) is 54.6 Å². The predicted octanol–water partition coefficient (Wildman–Crippen LogP) is 6.27. The second-order valence-corrected chi connectivity index (χ2v) is 7.15. The number of hydrogen-bond acceptors (Lipinski definition) is 1. The monoisotopic (exact) mass is 329 g/mol. The zero-order valence-electron chi connectivity index (χ0n) is 15.9. The van der Waals surface area contributed by atoms with Crippen LogP contribution in [0.5, 0.6) is 0 Å². The molecule has 3 aromatic rings. The van der Waals surface area contributed by atoms with Gasteiger partial charge in [-0.1, -0.05) is 54.6 Å². The lowest BCUT2D eigenvalue weighted by Gasteiger charge is -2.19. The van der Waals surface area contributed by atoms with Gasteiger partial charge in [-0.2, -0.15) is 0 Å². The molecule has 0 aliphatic heterocycles. The van der Waals surface area contributed by atoms with Gasteiger partial charge in [0, 0.05) is 6.04 Å². The minimum absolute atomic E-state index is 0.0329. The Hall–Kier alpha value is -2.38. The zero-order valence-corrected chi connectivity index (χ0v) is 15.9. The van der Waals surface area contributed by atoms with E-state index in [4.69, 9.17) is 5.73 Å². The van der Waals surface area contributed by atoms with E-state index in [1.165, 1.54) is 50.1 Å². The molecule has 2 N–H and O–H groups in total. The normalized spacial score (nSPS) is 12.2. The molecule has 128 valence electrons. The molecule has 1 nitrogen and oxygen atoms in total. The molecule has 0 heterocycles. The molecule has 0 aliphatic carbocycles. The van der Waals surface area contributed by atoms with Gasteiger partial charge in [-0.05, 0) is 84.7 Å². The van der Waals surface area contributed by atoms with E-state index in [0.717, 1.165) is 0 Å². The first kappa shape index (κ1) is 17.4. The van der Waals surface area contributed by atoms with Gasteiger partial charge in [-0.25, -0.2) is 0 Å². The molecule has 0 aromatic heterocycles. The summed E-state index contributed by atoms with van der Waals surface area (Å²) in [5.41, 5.74) is 17.8. The Bertz CT molecular complexity index is 850. The van der Waals surface area contributed by atoms with Crippen LogP contribution in [0.3, 0.4) is 0 Å². The second kappa shape index (κ2) is 6.85. The lowest BCUT2D eigenvalue weighted by atomic mass is 9.87. The van der Waals surface area contributed by atoms with Crippen molar-refractivity contribution in [3.63, 3.8) is 0 Å². The van der Waals surface area contributed by atoms with Crippen molar-refractivity contribution in [3.8, 4) is 22.3 Å². The van der Waals surface area contributed by atoms with Crippen molar-refractivity contribution in [2.75, 3.05) is 0 Å². The summed E-state index contributed by atoms with van der Waals surface area (Å²) in [6.07, 6.45) is 0.